The summed E-state index contributed by atoms with van der Waals surface area (Å²) >= 11 is 0. The Kier molecular flexibility index (Phi) is 9.05. The number of nitrogens with one attached hydrogen (secondary N) is 1. The van der Waals surface area contributed by atoms with Crippen LogP contribution in [-0.2, 0) is 13.0 Å². The largest absolute Gasteiger partial charge is 0.497 e. The van der Waals surface area contributed by atoms with Crippen LogP contribution in [0, 0.1) is 0 Å². The van der Waals surface area contributed by atoms with Crippen LogP contribution in [0.1, 0.15) is 35.5 Å². The number of aryl methyl sites for hydroxylation is 1. The summed E-state index contributed by atoms with van der Waals surface area (Å²) < 4.78 is 10.8. The van der Waals surface area contributed by atoms with Crippen molar-refractivity contribution in [3.63, 3.8) is 0 Å². The van der Waals surface area contributed by atoms with E-state index in [0.29, 0.717) is 12.3 Å². The van der Waals surface area contributed by atoms with Crippen molar-refractivity contribution in [2.75, 3.05) is 50.1 Å². The van der Waals surface area contributed by atoms with Gasteiger partial charge in [0.1, 0.15) is 11.5 Å². The van der Waals surface area contributed by atoms with E-state index in [0.717, 1.165) is 67.6 Å². The summed E-state index contributed by atoms with van der Waals surface area (Å²) in [5.74, 6) is 2.01. The number of ether oxygens (including phenoxy) is 2. The van der Waals surface area contributed by atoms with E-state index < -0.39 is 0 Å². The smallest absolute Gasteiger partial charge is 0.276 e. The number of pyridine rings is 1. The SMILES string of the molecule is CCOc1cncc(-c2ccc(CN3CCN(c4ccc(C(=O)Nc5ccc(OC)cc5)nn4)CC3)c(CC)c2)c1. The Bertz CT molecular complexity index is 1450. The van der Waals surface area contributed by atoms with E-state index >= 15 is 0 Å². The van der Waals surface area contributed by atoms with E-state index in [1.807, 2.05) is 25.3 Å². The van der Waals surface area contributed by atoms with Crippen LogP contribution in [0.25, 0.3) is 11.1 Å². The summed E-state index contributed by atoms with van der Waals surface area (Å²) in [5, 5.41) is 11.4. The summed E-state index contributed by atoms with van der Waals surface area (Å²) in [7, 11) is 1.61. The summed E-state index contributed by atoms with van der Waals surface area (Å²) in [6, 6.07) is 19.5. The maximum atomic E-state index is 12.6. The number of methoxy groups -OCH3 is 1. The Labute approximate surface area is 241 Å². The van der Waals surface area contributed by atoms with E-state index in [1.54, 1.807) is 43.6 Å². The minimum atomic E-state index is -0.296. The molecule has 0 radical (unpaired) electrons. The molecule has 1 fully saturated rings. The van der Waals surface area contributed by atoms with Gasteiger partial charge in [-0.1, -0.05) is 25.1 Å². The van der Waals surface area contributed by atoms with Gasteiger partial charge in [-0.15, -0.1) is 10.2 Å². The Balaban J connectivity index is 1.16. The first kappa shape index (κ1) is 28.0. The number of nitrogens with zero attached hydrogens (tertiary/aromatic N) is 5. The topological polar surface area (TPSA) is 92.7 Å². The van der Waals surface area contributed by atoms with Crippen molar-refractivity contribution in [3.05, 3.63) is 89.9 Å². The molecule has 4 aromatic rings. The molecule has 2 aromatic heterocycles. The number of piperazine rings is 1. The molecule has 0 saturated carbocycles. The molecule has 0 atom stereocenters. The van der Waals surface area contributed by atoms with Crippen LogP contribution in [0.15, 0.2) is 73.1 Å². The second-order valence-electron chi connectivity index (χ2n) is 9.90. The number of hydrogen-bond acceptors (Lipinski definition) is 8. The molecule has 5 rings (SSSR count). The minimum absolute atomic E-state index is 0.277. The van der Waals surface area contributed by atoms with Crippen LogP contribution in [0.4, 0.5) is 11.5 Å². The Morgan fingerprint density at radius 2 is 1.66 bits per heavy atom. The number of carbonyl (C=O) groups is 1. The van der Waals surface area contributed by atoms with Gasteiger partial charge in [-0.3, -0.25) is 14.7 Å². The molecule has 212 valence electrons. The molecule has 1 amide bonds. The van der Waals surface area contributed by atoms with Gasteiger partial charge in [0.2, 0.25) is 0 Å². The molecule has 9 nitrogen and oxygen atoms in total. The predicted molar refractivity (Wildman–Crippen MR) is 161 cm³/mol. The van der Waals surface area contributed by atoms with Gasteiger partial charge in [0.15, 0.2) is 11.5 Å². The number of hydrogen-bond donors (Lipinski definition) is 1. The van der Waals surface area contributed by atoms with Gasteiger partial charge in [0, 0.05) is 50.2 Å². The fourth-order valence-corrected chi connectivity index (χ4v) is 4.97. The minimum Gasteiger partial charge on any atom is -0.497 e. The highest BCUT2D eigenvalue weighted by atomic mass is 16.5. The molecule has 3 heterocycles. The monoisotopic (exact) mass is 552 g/mol. The van der Waals surface area contributed by atoms with E-state index in [4.69, 9.17) is 9.47 Å². The fraction of sp³-hybridized carbons (Fsp3) is 0.312. The average Bonchev–Trinajstić information content (AvgIpc) is 3.02. The van der Waals surface area contributed by atoms with E-state index in [9.17, 15) is 4.79 Å². The number of aromatic nitrogens is 3. The zero-order valence-electron chi connectivity index (χ0n) is 23.8. The summed E-state index contributed by atoms with van der Waals surface area (Å²) in [4.78, 5) is 21.6. The van der Waals surface area contributed by atoms with Crippen molar-refractivity contribution in [2.24, 2.45) is 0 Å². The first-order valence-electron chi connectivity index (χ1n) is 14.0. The molecule has 1 N–H and O–H groups in total. The van der Waals surface area contributed by atoms with Gasteiger partial charge in [-0.05, 0) is 72.5 Å². The predicted octanol–water partition coefficient (Wildman–Crippen LogP) is 5.08. The molecule has 1 aliphatic heterocycles. The Morgan fingerprint density at radius 1 is 0.854 bits per heavy atom. The summed E-state index contributed by atoms with van der Waals surface area (Å²) in [5.41, 5.74) is 5.87. The van der Waals surface area contributed by atoms with Gasteiger partial charge in [0.05, 0.1) is 19.9 Å². The molecule has 9 heteroatoms. The molecule has 0 bridgehead atoms. The number of rotatable bonds is 10. The normalized spacial score (nSPS) is 13.6. The van der Waals surface area contributed by atoms with Crippen LogP contribution in [0.2, 0.25) is 0 Å². The van der Waals surface area contributed by atoms with Crippen molar-refractivity contribution in [1.82, 2.24) is 20.1 Å². The molecule has 1 aliphatic rings. The van der Waals surface area contributed by atoms with Gasteiger partial charge in [-0.25, -0.2) is 0 Å². The van der Waals surface area contributed by atoms with Crippen molar-refractivity contribution < 1.29 is 14.3 Å². The first-order chi connectivity index (χ1) is 20.1. The first-order valence-corrected chi connectivity index (χ1v) is 14.0. The standard InChI is InChI=1S/C32H36N6O3/c1-4-23-18-24(26-19-29(41-5-2)21-33-20-26)6-7-25(23)22-37-14-16-38(17-15-37)31-13-12-30(35-36-31)32(39)34-27-8-10-28(40-3)11-9-27/h6-13,18-21H,4-5,14-17,22H2,1-3H3,(H,34,39). The van der Waals surface area contributed by atoms with E-state index in [1.165, 1.54) is 11.1 Å². The quantitative estimate of drug-likeness (QED) is 0.291. The third-order valence-corrected chi connectivity index (χ3v) is 7.27. The van der Waals surface area contributed by atoms with Crippen molar-refractivity contribution in [3.8, 4) is 22.6 Å². The molecule has 0 unspecified atom stereocenters. The van der Waals surface area contributed by atoms with E-state index in [2.05, 4.69) is 55.4 Å². The number of anilines is 2. The van der Waals surface area contributed by atoms with Gasteiger partial charge >= 0.3 is 0 Å². The summed E-state index contributed by atoms with van der Waals surface area (Å²) in [6.45, 7) is 9.26. The van der Waals surface area contributed by atoms with Crippen LogP contribution in [0.3, 0.4) is 0 Å². The van der Waals surface area contributed by atoms with E-state index in [-0.39, 0.29) is 11.6 Å². The zero-order chi connectivity index (χ0) is 28.6. The van der Waals surface area contributed by atoms with Crippen molar-refractivity contribution >= 4 is 17.4 Å². The number of benzene rings is 2. The third kappa shape index (κ3) is 6.99. The second kappa shape index (κ2) is 13.2. The maximum absolute atomic E-state index is 12.6. The number of amides is 1. The molecular weight excluding hydrogens is 516 g/mol. The molecule has 41 heavy (non-hydrogen) atoms. The third-order valence-electron chi connectivity index (χ3n) is 7.27. The Hall–Kier alpha value is -4.50. The lowest BCUT2D eigenvalue weighted by Gasteiger charge is -2.35. The lowest BCUT2D eigenvalue weighted by atomic mass is 9.98. The zero-order valence-corrected chi connectivity index (χ0v) is 23.8. The average molecular weight is 553 g/mol. The highest BCUT2D eigenvalue weighted by Gasteiger charge is 2.20. The Morgan fingerprint density at radius 3 is 2.34 bits per heavy atom. The van der Waals surface area contributed by atoms with Crippen LogP contribution >= 0.6 is 0 Å². The summed E-state index contributed by atoms with van der Waals surface area (Å²) in [6.07, 6.45) is 4.61. The van der Waals surface area contributed by atoms with Gasteiger partial charge in [0.25, 0.3) is 5.91 Å². The highest BCUT2D eigenvalue weighted by molar-refractivity contribution is 6.02. The molecule has 1 saturated heterocycles. The lowest BCUT2D eigenvalue weighted by Crippen LogP contribution is -2.46. The molecule has 2 aromatic carbocycles. The molecular formula is C32H36N6O3. The van der Waals surface area contributed by atoms with Crippen molar-refractivity contribution in [1.29, 1.82) is 0 Å². The fourth-order valence-electron chi connectivity index (χ4n) is 4.97. The number of carbonyl (C=O) groups excluding carboxylic acids is 1. The van der Waals surface area contributed by atoms with Crippen molar-refractivity contribution in [2.45, 2.75) is 26.8 Å². The second-order valence-corrected chi connectivity index (χ2v) is 9.90. The van der Waals surface area contributed by atoms with Gasteiger partial charge < -0.3 is 19.7 Å². The maximum Gasteiger partial charge on any atom is 0.276 e. The van der Waals surface area contributed by atoms with Crippen LogP contribution in [0.5, 0.6) is 11.5 Å². The lowest BCUT2D eigenvalue weighted by molar-refractivity contribution is 0.102. The van der Waals surface area contributed by atoms with Crippen LogP contribution in [-0.4, -0.2) is 65.9 Å². The van der Waals surface area contributed by atoms with Gasteiger partial charge in [-0.2, -0.15) is 0 Å². The molecule has 0 spiro atoms. The molecule has 0 aliphatic carbocycles. The highest BCUT2D eigenvalue weighted by Crippen LogP contribution is 2.27. The van der Waals surface area contributed by atoms with Crippen LogP contribution < -0.4 is 19.7 Å².